The number of aryl methyl sites for hydroxylation is 3. The standard InChI is InChI=1S/C23H30N4OS/c1-5-13-29-14-7-12-24-23(28)20-15-16(3)25-22-21(20)17(4)26-27(22)19-10-8-18(6-2)9-11-19/h8-11,15H,5-7,12-14H2,1-4H3,(H,24,28). The zero-order chi connectivity index (χ0) is 20.8. The average molecular weight is 411 g/mol. The topological polar surface area (TPSA) is 59.8 Å². The number of hydrogen-bond acceptors (Lipinski definition) is 4. The van der Waals surface area contributed by atoms with Crippen LogP contribution in [-0.2, 0) is 6.42 Å². The summed E-state index contributed by atoms with van der Waals surface area (Å²) in [5.74, 6) is 2.20. The van der Waals surface area contributed by atoms with Gasteiger partial charge in [0.05, 0.1) is 22.3 Å². The largest absolute Gasteiger partial charge is 0.352 e. The molecule has 0 atom stereocenters. The van der Waals surface area contributed by atoms with Crippen molar-refractivity contribution < 1.29 is 4.79 Å². The third kappa shape index (κ3) is 4.99. The highest BCUT2D eigenvalue weighted by atomic mass is 32.2. The SMILES string of the molecule is CCCSCCCNC(=O)c1cc(C)nc2c1c(C)nn2-c1ccc(CC)cc1. The summed E-state index contributed by atoms with van der Waals surface area (Å²) in [7, 11) is 0. The number of rotatable bonds is 9. The highest BCUT2D eigenvalue weighted by Gasteiger charge is 2.19. The van der Waals surface area contributed by atoms with Gasteiger partial charge < -0.3 is 5.32 Å². The Morgan fingerprint density at radius 2 is 1.90 bits per heavy atom. The zero-order valence-electron chi connectivity index (χ0n) is 17.8. The second-order valence-corrected chi connectivity index (χ2v) is 8.47. The van der Waals surface area contributed by atoms with Crippen LogP contribution in [0.1, 0.15) is 54.0 Å². The zero-order valence-corrected chi connectivity index (χ0v) is 18.6. The van der Waals surface area contributed by atoms with Gasteiger partial charge in [-0.2, -0.15) is 16.9 Å². The summed E-state index contributed by atoms with van der Waals surface area (Å²) < 4.78 is 1.84. The van der Waals surface area contributed by atoms with Crippen molar-refractivity contribution >= 4 is 28.7 Å². The molecule has 0 unspecified atom stereocenters. The Bertz CT molecular complexity index is 979. The first kappa shape index (κ1) is 21.4. The minimum atomic E-state index is -0.0510. The molecule has 29 heavy (non-hydrogen) atoms. The molecule has 0 aliphatic heterocycles. The lowest BCUT2D eigenvalue weighted by Crippen LogP contribution is -2.25. The molecule has 3 rings (SSSR count). The van der Waals surface area contributed by atoms with Gasteiger partial charge in [-0.1, -0.05) is 26.0 Å². The summed E-state index contributed by atoms with van der Waals surface area (Å²) in [6, 6.07) is 10.2. The van der Waals surface area contributed by atoms with Gasteiger partial charge in [-0.3, -0.25) is 4.79 Å². The maximum atomic E-state index is 12.9. The van der Waals surface area contributed by atoms with Gasteiger partial charge in [0.2, 0.25) is 0 Å². The second kappa shape index (κ2) is 9.92. The van der Waals surface area contributed by atoms with E-state index in [4.69, 9.17) is 10.1 Å². The number of thioether (sulfide) groups is 1. The Balaban J connectivity index is 1.87. The molecular formula is C23H30N4OS. The van der Waals surface area contributed by atoms with E-state index in [-0.39, 0.29) is 5.91 Å². The molecule has 0 aliphatic rings. The van der Waals surface area contributed by atoms with E-state index >= 15 is 0 Å². The number of nitrogens with one attached hydrogen (secondary N) is 1. The van der Waals surface area contributed by atoms with Crippen LogP contribution >= 0.6 is 11.8 Å². The fraction of sp³-hybridized carbons (Fsp3) is 0.435. The molecule has 1 amide bonds. The van der Waals surface area contributed by atoms with E-state index in [0.717, 1.165) is 46.7 Å². The van der Waals surface area contributed by atoms with Gasteiger partial charge in [0, 0.05) is 12.2 Å². The van der Waals surface area contributed by atoms with Gasteiger partial charge in [0.1, 0.15) is 0 Å². The fourth-order valence-corrected chi connectivity index (χ4v) is 4.21. The van der Waals surface area contributed by atoms with E-state index in [9.17, 15) is 4.79 Å². The van der Waals surface area contributed by atoms with Crippen molar-refractivity contribution in [3.63, 3.8) is 0 Å². The van der Waals surface area contributed by atoms with Crippen molar-refractivity contribution in [2.24, 2.45) is 0 Å². The molecule has 0 bridgehead atoms. The summed E-state index contributed by atoms with van der Waals surface area (Å²) in [5.41, 5.74) is 5.25. The van der Waals surface area contributed by atoms with Crippen molar-refractivity contribution in [1.29, 1.82) is 0 Å². The molecule has 2 heterocycles. The summed E-state index contributed by atoms with van der Waals surface area (Å²) in [4.78, 5) is 17.6. The normalized spacial score (nSPS) is 11.2. The van der Waals surface area contributed by atoms with Crippen LogP contribution in [0.25, 0.3) is 16.7 Å². The van der Waals surface area contributed by atoms with Crippen LogP contribution in [0.3, 0.4) is 0 Å². The van der Waals surface area contributed by atoms with E-state index in [1.165, 1.54) is 17.7 Å². The van der Waals surface area contributed by atoms with Crippen molar-refractivity contribution in [3.8, 4) is 5.69 Å². The summed E-state index contributed by atoms with van der Waals surface area (Å²) in [6.07, 6.45) is 3.17. The van der Waals surface area contributed by atoms with Crippen molar-refractivity contribution in [1.82, 2.24) is 20.1 Å². The Morgan fingerprint density at radius 3 is 2.59 bits per heavy atom. The molecular weight excluding hydrogens is 380 g/mol. The Hall–Kier alpha value is -2.34. The van der Waals surface area contributed by atoms with Crippen LogP contribution in [-0.4, -0.2) is 38.7 Å². The predicted molar refractivity (Wildman–Crippen MR) is 122 cm³/mol. The Kier molecular flexibility index (Phi) is 7.31. The van der Waals surface area contributed by atoms with E-state index in [2.05, 4.69) is 43.4 Å². The van der Waals surface area contributed by atoms with Crippen molar-refractivity contribution in [2.75, 3.05) is 18.1 Å². The van der Waals surface area contributed by atoms with Crippen LogP contribution in [0.4, 0.5) is 0 Å². The van der Waals surface area contributed by atoms with Gasteiger partial charge in [-0.15, -0.1) is 0 Å². The molecule has 0 saturated heterocycles. The Morgan fingerprint density at radius 1 is 1.14 bits per heavy atom. The van der Waals surface area contributed by atoms with Gasteiger partial charge in [0.15, 0.2) is 5.65 Å². The molecule has 2 aromatic heterocycles. The maximum absolute atomic E-state index is 12.9. The molecule has 6 heteroatoms. The minimum Gasteiger partial charge on any atom is -0.352 e. The van der Waals surface area contributed by atoms with E-state index < -0.39 is 0 Å². The fourth-order valence-electron chi connectivity index (χ4n) is 3.36. The van der Waals surface area contributed by atoms with Crippen LogP contribution in [0, 0.1) is 13.8 Å². The highest BCUT2D eigenvalue weighted by molar-refractivity contribution is 7.99. The maximum Gasteiger partial charge on any atom is 0.252 e. The summed E-state index contributed by atoms with van der Waals surface area (Å²) >= 11 is 1.94. The number of aromatic nitrogens is 3. The summed E-state index contributed by atoms with van der Waals surface area (Å²) in [5, 5.41) is 8.60. The first-order chi connectivity index (χ1) is 14.0. The predicted octanol–water partition coefficient (Wildman–Crippen LogP) is 4.86. The minimum absolute atomic E-state index is 0.0510. The van der Waals surface area contributed by atoms with Gasteiger partial charge >= 0.3 is 0 Å². The molecule has 154 valence electrons. The molecule has 0 spiro atoms. The highest BCUT2D eigenvalue weighted by Crippen LogP contribution is 2.25. The van der Waals surface area contributed by atoms with E-state index in [1.807, 2.05) is 36.4 Å². The lowest BCUT2D eigenvalue weighted by Gasteiger charge is -2.09. The number of carbonyl (C=O) groups is 1. The number of carbonyl (C=O) groups excluding carboxylic acids is 1. The number of fused-ring (bicyclic) bond motifs is 1. The number of nitrogens with zero attached hydrogens (tertiary/aromatic N) is 3. The van der Waals surface area contributed by atoms with Crippen LogP contribution in [0.2, 0.25) is 0 Å². The lowest BCUT2D eigenvalue weighted by atomic mass is 10.1. The first-order valence-corrected chi connectivity index (χ1v) is 11.5. The quantitative estimate of drug-likeness (QED) is 0.512. The van der Waals surface area contributed by atoms with Gasteiger partial charge in [-0.25, -0.2) is 9.67 Å². The molecule has 0 saturated carbocycles. The lowest BCUT2D eigenvalue weighted by molar-refractivity contribution is 0.0955. The third-order valence-corrected chi connectivity index (χ3v) is 6.15. The molecule has 0 fully saturated rings. The number of amides is 1. The smallest absolute Gasteiger partial charge is 0.252 e. The molecule has 1 N–H and O–H groups in total. The van der Waals surface area contributed by atoms with E-state index in [0.29, 0.717) is 12.1 Å². The third-order valence-electron chi connectivity index (χ3n) is 4.87. The van der Waals surface area contributed by atoms with Gasteiger partial charge in [-0.05, 0) is 68.4 Å². The molecule has 1 aromatic carbocycles. The number of benzene rings is 1. The van der Waals surface area contributed by atoms with Crippen molar-refractivity contribution in [2.45, 2.75) is 47.0 Å². The number of hydrogen-bond donors (Lipinski definition) is 1. The monoisotopic (exact) mass is 410 g/mol. The van der Waals surface area contributed by atoms with E-state index in [1.54, 1.807) is 0 Å². The van der Waals surface area contributed by atoms with Crippen LogP contribution < -0.4 is 5.32 Å². The first-order valence-electron chi connectivity index (χ1n) is 10.4. The Labute approximate surface area is 177 Å². The number of pyridine rings is 1. The molecule has 5 nitrogen and oxygen atoms in total. The van der Waals surface area contributed by atoms with Gasteiger partial charge in [0.25, 0.3) is 5.91 Å². The van der Waals surface area contributed by atoms with Crippen molar-refractivity contribution in [3.05, 3.63) is 52.8 Å². The molecule has 0 radical (unpaired) electrons. The van der Waals surface area contributed by atoms with Crippen LogP contribution in [0.5, 0.6) is 0 Å². The summed E-state index contributed by atoms with van der Waals surface area (Å²) in [6.45, 7) is 8.87. The molecule has 3 aromatic rings. The van der Waals surface area contributed by atoms with Crippen LogP contribution in [0.15, 0.2) is 30.3 Å². The average Bonchev–Trinajstić information content (AvgIpc) is 3.06. The second-order valence-electron chi connectivity index (χ2n) is 7.25. The molecule has 0 aliphatic carbocycles.